The lowest BCUT2D eigenvalue weighted by atomic mass is 10.1. The van der Waals surface area contributed by atoms with E-state index < -0.39 is 25.2 Å². The van der Waals surface area contributed by atoms with Crippen molar-refractivity contribution in [2.24, 2.45) is 0 Å². The molecular weight excluding hydrogens is 311 g/mol. The maximum Gasteiger partial charge on any atom is 0.390 e. The van der Waals surface area contributed by atoms with Crippen LogP contribution in [0.25, 0.3) is 0 Å². The van der Waals surface area contributed by atoms with Crippen LogP contribution < -0.4 is 16.0 Å². The monoisotopic (exact) mass is 331 g/mol. The van der Waals surface area contributed by atoms with Crippen molar-refractivity contribution >= 4 is 17.6 Å². The number of urea groups is 1. The molecule has 3 amide bonds. The van der Waals surface area contributed by atoms with Gasteiger partial charge in [-0.25, -0.2) is 4.79 Å². The molecule has 128 valence electrons. The van der Waals surface area contributed by atoms with Gasteiger partial charge in [-0.1, -0.05) is 19.1 Å². The largest absolute Gasteiger partial charge is 0.390 e. The van der Waals surface area contributed by atoms with E-state index in [1.54, 1.807) is 38.1 Å². The van der Waals surface area contributed by atoms with Crippen molar-refractivity contribution in [2.75, 3.05) is 11.9 Å². The summed E-state index contributed by atoms with van der Waals surface area (Å²) in [5.41, 5.74) is 1.41. The van der Waals surface area contributed by atoms with Crippen molar-refractivity contribution in [3.63, 3.8) is 0 Å². The molecule has 5 nitrogen and oxygen atoms in total. The van der Waals surface area contributed by atoms with Gasteiger partial charge in [-0.05, 0) is 24.6 Å². The summed E-state index contributed by atoms with van der Waals surface area (Å²) < 4.78 is 36.0. The molecule has 3 N–H and O–H groups in total. The summed E-state index contributed by atoms with van der Waals surface area (Å²) in [5.74, 6) is -0.104. The highest BCUT2D eigenvalue weighted by molar-refractivity contribution is 5.90. The highest BCUT2D eigenvalue weighted by Crippen LogP contribution is 2.18. The Morgan fingerprint density at radius 3 is 2.30 bits per heavy atom. The van der Waals surface area contributed by atoms with E-state index in [9.17, 15) is 22.8 Å². The Balaban J connectivity index is 2.46. The van der Waals surface area contributed by atoms with E-state index >= 15 is 0 Å². The van der Waals surface area contributed by atoms with Gasteiger partial charge in [0.2, 0.25) is 5.91 Å². The first-order chi connectivity index (χ1) is 10.7. The fourth-order valence-corrected chi connectivity index (χ4v) is 1.75. The lowest BCUT2D eigenvalue weighted by molar-refractivity contribution is -0.133. The van der Waals surface area contributed by atoms with E-state index in [0.29, 0.717) is 12.1 Å². The summed E-state index contributed by atoms with van der Waals surface area (Å²) in [6.07, 6.45) is -4.99. The van der Waals surface area contributed by atoms with Crippen LogP contribution in [0.1, 0.15) is 38.3 Å². The molecule has 1 rings (SSSR count). The second-order valence-corrected chi connectivity index (χ2v) is 5.01. The van der Waals surface area contributed by atoms with Crippen molar-refractivity contribution in [3.8, 4) is 0 Å². The Labute approximate surface area is 132 Å². The van der Waals surface area contributed by atoms with Crippen LogP contribution in [0, 0.1) is 0 Å². The predicted molar refractivity (Wildman–Crippen MR) is 81.0 cm³/mol. The van der Waals surface area contributed by atoms with Gasteiger partial charge in [-0.15, -0.1) is 0 Å². The number of benzene rings is 1. The number of halogens is 3. The smallest absolute Gasteiger partial charge is 0.338 e. The van der Waals surface area contributed by atoms with Crippen LogP contribution in [0.4, 0.5) is 23.7 Å². The molecule has 0 radical (unpaired) electrons. The lowest BCUT2D eigenvalue weighted by Crippen LogP contribution is -2.38. The van der Waals surface area contributed by atoms with E-state index in [-0.39, 0.29) is 11.9 Å². The molecule has 1 unspecified atom stereocenters. The summed E-state index contributed by atoms with van der Waals surface area (Å²) in [5, 5.41) is 7.40. The van der Waals surface area contributed by atoms with Crippen molar-refractivity contribution in [1.82, 2.24) is 10.6 Å². The molecule has 0 heterocycles. The molecule has 0 saturated heterocycles. The molecule has 1 aromatic rings. The van der Waals surface area contributed by atoms with Gasteiger partial charge in [0.15, 0.2) is 0 Å². The molecule has 0 saturated carbocycles. The minimum atomic E-state index is -4.29. The van der Waals surface area contributed by atoms with E-state index in [1.807, 2.05) is 0 Å². The van der Waals surface area contributed by atoms with E-state index in [4.69, 9.17) is 0 Å². The second-order valence-electron chi connectivity index (χ2n) is 5.01. The van der Waals surface area contributed by atoms with Crippen LogP contribution >= 0.6 is 0 Å². The number of carbonyl (C=O) groups excluding carboxylic acids is 2. The molecule has 0 aromatic heterocycles. The van der Waals surface area contributed by atoms with Crippen LogP contribution in [0.2, 0.25) is 0 Å². The van der Waals surface area contributed by atoms with Crippen LogP contribution in [-0.4, -0.2) is 24.7 Å². The first-order valence-corrected chi connectivity index (χ1v) is 7.22. The van der Waals surface area contributed by atoms with Gasteiger partial charge in [0.1, 0.15) is 0 Å². The maximum absolute atomic E-state index is 12.0. The van der Waals surface area contributed by atoms with E-state index in [0.717, 1.165) is 5.56 Å². The third-order valence-electron chi connectivity index (χ3n) is 3.06. The third kappa shape index (κ3) is 7.53. The predicted octanol–water partition coefficient (Wildman–Crippen LogP) is 3.35. The van der Waals surface area contributed by atoms with Crippen molar-refractivity contribution < 1.29 is 22.8 Å². The first-order valence-electron chi connectivity index (χ1n) is 7.22. The van der Waals surface area contributed by atoms with Crippen molar-refractivity contribution in [3.05, 3.63) is 29.8 Å². The van der Waals surface area contributed by atoms with Gasteiger partial charge in [-0.3, -0.25) is 4.79 Å². The number of anilines is 1. The Bertz CT molecular complexity index is 530. The zero-order valence-corrected chi connectivity index (χ0v) is 13.0. The maximum atomic E-state index is 12.0. The van der Waals surface area contributed by atoms with Crippen molar-refractivity contribution in [1.29, 1.82) is 0 Å². The van der Waals surface area contributed by atoms with Crippen LogP contribution in [0.3, 0.4) is 0 Å². The lowest BCUT2D eigenvalue weighted by Gasteiger charge is -2.16. The second kappa shape index (κ2) is 8.40. The summed E-state index contributed by atoms with van der Waals surface area (Å²) in [6.45, 7) is 2.99. The van der Waals surface area contributed by atoms with E-state index in [1.165, 1.54) is 0 Å². The molecule has 8 heteroatoms. The minimum Gasteiger partial charge on any atom is -0.338 e. The number of hydrogen-bond donors (Lipinski definition) is 3. The number of amides is 3. The topological polar surface area (TPSA) is 70.2 Å². The number of hydrogen-bond acceptors (Lipinski definition) is 2. The Morgan fingerprint density at radius 1 is 1.17 bits per heavy atom. The SMILES string of the molecule is CCC(=O)Nc1ccc(C(C)NC(=O)NCCC(F)(F)F)cc1. The molecule has 23 heavy (non-hydrogen) atoms. The highest BCUT2D eigenvalue weighted by atomic mass is 19.4. The number of carbonyl (C=O) groups is 2. The van der Waals surface area contributed by atoms with Gasteiger partial charge < -0.3 is 16.0 Å². The Kier molecular flexibility index (Phi) is 6.87. The number of alkyl halides is 3. The first kappa shape index (κ1) is 18.8. The number of nitrogens with one attached hydrogen (secondary N) is 3. The molecule has 1 aromatic carbocycles. The third-order valence-corrected chi connectivity index (χ3v) is 3.06. The van der Waals surface area contributed by atoms with E-state index in [2.05, 4.69) is 16.0 Å². The summed E-state index contributed by atoms with van der Waals surface area (Å²) in [7, 11) is 0. The van der Waals surface area contributed by atoms with Crippen molar-refractivity contribution in [2.45, 2.75) is 38.9 Å². The zero-order chi connectivity index (χ0) is 17.5. The van der Waals surface area contributed by atoms with Gasteiger partial charge in [0.25, 0.3) is 0 Å². The van der Waals surface area contributed by atoms with Gasteiger partial charge >= 0.3 is 12.2 Å². The Hall–Kier alpha value is -2.25. The molecule has 1 atom stereocenters. The Morgan fingerprint density at radius 2 is 1.78 bits per heavy atom. The minimum absolute atomic E-state index is 0.104. The molecule has 0 aliphatic heterocycles. The fraction of sp³-hybridized carbons (Fsp3) is 0.467. The normalized spacial score (nSPS) is 12.4. The molecule has 0 aliphatic carbocycles. The molecule has 0 bridgehead atoms. The summed E-state index contributed by atoms with van der Waals surface area (Å²) in [6, 6.07) is 5.81. The molecule has 0 aliphatic rings. The van der Waals surface area contributed by atoms with Gasteiger partial charge in [0.05, 0.1) is 12.5 Å². The van der Waals surface area contributed by atoms with Gasteiger partial charge in [0, 0.05) is 18.7 Å². The fourth-order valence-electron chi connectivity index (χ4n) is 1.75. The zero-order valence-electron chi connectivity index (χ0n) is 13.0. The van der Waals surface area contributed by atoms with Crippen LogP contribution in [-0.2, 0) is 4.79 Å². The quantitative estimate of drug-likeness (QED) is 0.748. The van der Waals surface area contributed by atoms with Crippen LogP contribution in [0.5, 0.6) is 0 Å². The van der Waals surface area contributed by atoms with Gasteiger partial charge in [-0.2, -0.15) is 13.2 Å². The summed E-state index contributed by atoms with van der Waals surface area (Å²) in [4.78, 5) is 22.8. The molecule has 0 spiro atoms. The molecular formula is C15H20F3N3O2. The highest BCUT2D eigenvalue weighted by Gasteiger charge is 2.26. The summed E-state index contributed by atoms with van der Waals surface area (Å²) >= 11 is 0. The number of rotatable bonds is 6. The standard InChI is InChI=1S/C15H20F3N3O2/c1-3-13(22)21-12-6-4-11(5-7-12)10(2)20-14(23)19-9-8-15(16,17)18/h4-7,10H,3,8-9H2,1-2H3,(H,21,22)(H2,19,20,23). The van der Waals surface area contributed by atoms with Crippen LogP contribution in [0.15, 0.2) is 24.3 Å². The average Bonchev–Trinajstić information content (AvgIpc) is 2.46. The molecule has 0 fully saturated rings. The average molecular weight is 331 g/mol.